The summed E-state index contributed by atoms with van der Waals surface area (Å²) in [6, 6.07) is 12.6. The Bertz CT molecular complexity index is 1470. The normalized spacial score (nSPS) is 19.8. The zero-order valence-corrected chi connectivity index (χ0v) is 21.8. The molecule has 6 rings (SSSR count). The van der Waals surface area contributed by atoms with Gasteiger partial charge in [-0.15, -0.1) is 11.6 Å². The highest BCUT2D eigenvalue weighted by atomic mass is 35.5. The number of fused-ring (bicyclic) bond motifs is 5. The van der Waals surface area contributed by atoms with Crippen molar-refractivity contribution < 1.29 is 24.2 Å². The summed E-state index contributed by atoms with van der Waals surface area (Å²) in [6.45, 7) is 1.27. The van der Waals surface area contributed by atoms with Gasteiger partial charge in [-0.3, -0.25) is 14.6 Å². The summed E-state index contributed by atoms with van der Waals surface area (Å²) in [5.41, 5.74) is 2.69. The Balaban J connectivity index is 1.21. The number of benzene rings is 3. The lowest BCUT2D eigenvalue weighted by atomic mass is 9.95. The summed E-state index contributed by atoms with van der Waals surface area (Å²) >= 11 is 6.30. The van der Waals surface area contributed by atoms with Crippen molar-refractivity contribution in [2.24, 2.45) is 4.99 Å². The van der Waals surface area contributed by atoms with Crippen molar-refractivity contribution >= 4 is 51.8 Å². The van der Waals surface area contributed by atoms with Crippen molar-refractivity contribution in [1.29, 1.82) is 0 Å². The number of ether oxygens (including phenoxy) is 2. The molecular formula is C29H28ClN3O5. The van der Waals surface area contributed by atoms with Gasteiger partial charge in [-0.25, -0.2) is 0 Å². The predicted molar refractivity (Wildman–Crippen MR) is 147 cm³/mol. The van der Waals surface area contributed by atoms with Crippen molar-refractivity contribution in [3.05, 3.63) is 53.6 Å². The number of aromatic hydroxyl groups is 1. The minimum Gasteiger partial charge on any atom is -0.507 e. The lowest BCUT2D eigenvalue weighted by molar-refractivity contribution is -0.119. The first-order chi connectivity index (χ1) is 18.5. The number of carbonyl (C=O) groups excluding carboxylic acids is 2. The highest BCUT2D eigenvalue weighted by Gasteiger charge is 2.35. The largest absolute Gasteiger partial charge is 0.507 e. The number of carbonyl (C=O) groups is 2. The minimum absolute atomic E-state index is 0.0135. The van der Waals surface area contributed by atoms with E-state index in [-0.39, 0.29) is 42.6 Å². The van der Waals surface area contributed by atoms with Crippen LogP contribution in [0.3, 0.4) is 0 Å². The molecule has 2 atom stereocenters. The number of phenolic OH excluding ortho intramolecular Hbond substituents is 1. The van der Waals surface area contributed by atoms with Gasteiger partial charge >= 0.3 is 0 Å². The van der Waals surface area contributed by atoms with Gasteiger partial charge in [-0.2, -0.15) is 0 Å². The van der Waals surface area contributed by atoms with E-state index in [2.05, 4.69) is 4.99 Å². The number of hydrogen-bond donors (Lipinski definition) is 1. The van der Waals surface area contributed by atoms with Crippen LogP contribution in [0.4, 0.5) is 11.4 Å². The van der Waals surface area contributed by atoms with Crippen molar-refractivity contribution in [3.63, 3.8) is 0 Å². The van der Waals surface area contributed by atoms with E-state index in [0.29, 0.717) is 40.9 Å². The molecule has 0 saturated carbocycles. The van der Waals surface area contributed by atoms with Gasteiger partial charge in [0.25, 0.3) is 5.91 Å². The number of anilines is 1. The monoisotopic (exact) mass is 533 g/mol. The molecule has 196 valence electrons. The topological polar surface area (TPSA) is 91.7 Å². The first-order valence-corrected chi connectivity index (χ1v) is 13.3. The van der Waals surface area contributed by atoms with Crippen molar-refractivity contribution in [3.8, 4) is 17.2 Å². The van der Waals surface area contributed by atoms with Gasteiger partial charge in [0.1, 0.15) is 5.75 Å². The van der Waals surface area contributed by atoms with Gasteiger partial charge in [0, 0.05) is 48.6 Å². The van der Waals surface area contributed by atoms with E-state index in [1.807, 2.05) is 35.4 Å². The molecule has 1 saturated heterocycles. The summed E-state index contributed by atoms with van der Waals surface area (Å²) in [4.78, 5) is 34.5. The molecule has 2 amide bonds. The van der Waals surface area contributed by atoms with Crippen LogP contribution in [0, 0.1) is 0 Å². The number of rotatable bonds is 6. The standard InChI is InChI=1S/C29H28ClN3O5/c1-37-25-11-21-22(31-15-18-5-4-9-32(18)29(21)36)12-26(25)38-10-8-27(35)33-16-17(14-30)28-20-7-3-2-6-19(20)24(34)13-23(28)33/h2-3,6-7,11-13,15,17-18,34H,4-5,8-10,14,16H2,1H3/t17-,18+/m1/s1. The minimum atomic E-state index is -0.129. The molecule has 3 heterocycles. The molecular weight excluding hydrogens is 506 g/mol. The predicted octanol–water partition coefficient (Wildman–Crippen LogP) is 5.01. The number of hydrogen-bond acceptors (Lipinski definition) is 6. The molecule has 0 aliphatic carbocycles. The van der Waals surface area contributed by atoms with Crippen molar-refractivity contribution in [2.45, 2.75) is 31.2 Å². The number of phenols is 1. The maximum atomic E-state index is 13.3. The van der Waals surface area contributed by atoms with E-state index >= 15 is 0 Å². The lowest BCUT2D eigenvalue weighted by Crippen LogP contribution is -2.35. The van der Waals surface area contributed by atoms with Crippen LogP contribution in [-0.2, 0) is 4.79 Å². The van der Waals surface area contributed by atoms with Crippen LogP contribution in [0.25, 0.3) is 10.8 Å². The maximum Gasteiger partial charge on any atom is 0.256 e. The molecule has 3 aromatic rings. The summed E-state index contributed by atoms with van der Waals surface area (Å²) < 4.78 is 11.5. The van der Waals surface area contributed by atoms with E-state index in [4.69, 9.17) is 21.1 Å². The number of nitrogens with zero attached hydrogens (tertiary/aromatic N) is 3. The second-order valence-corrected chi connectivity index (χ2v) is 10.1. The van der Waals surface area contributed by atoms with Gasteiger partial charge in [0.05, 0.1) is 43.1 Å². The van der Waals surface area contributed by atoms with Gasteiger partial charge in [-0.1, -0.05) is 24.3 Å². The Morgan fingerprint density at radius 3 is 2.79 bits per heavy atom. The molecule has 0 aromatic heterocycles. The fourth-order valence-corrected chi connectivity index (χ4v) is 6.04. The lowest BCUT2D eigenvalue weighted by Gasteiger charge is -2.21. The van der Waals surface area contributed by atoms with Gasteiger partial charge < -0.3 is 24.4 Å². The number of amides is 2. The van der Waals surface area contributed by atoms with E-state index in [9.17, 15) is 14.7 Å². The molecule has 0 bridgehead atoms. The number of aliphatic imine (C=N–C) groups is 1. The van der Waals surface area contributed by atoms with E-state index in [1.165, 1.54) is 7.11 Å². The summed E-state index contributed by atoms with van der Waals surface area (Å²) in [7, 11) is 1.52. The summed E-state index contributed by atoms with van der Waals surface area (Å²) in [5.74, 6) is 1.13. The fourth-order valence-electron chi connectivity index (χ4n) is 5.79. The van der Waals surface area contributed by atoms with Crippen LogP contribution in [-0.4, -0.2) is 66.8 Å². The van der Waals surface area contributed by atoms with Crippen LogP contribution in [0.1, 0.15) is 41.1 Å². The second-order valence-electron chi connectivity index (χ2n) is 9.83. The molecule has 38 heavy (non-hydrogen) atoms. The average molecular weight is 534 g/mol. The molecule has 3 aliphatic rings. The Labute approximate surface area is 225 Å². The van der Waals surface area contributed by atoms with Crippen LogP contribution < -0.4 is 14.4 Å². The van der Waals surface area contributed by atoms with Gasteiger partial charge in [-0.05, 0) is 29.9 Å². The molecule has 3 aromatic carbocycles. The quantitative estimate of drug-likeness (QED) is 0.450. The van der Waals surface area contributed by atoms with E-state index in [0.717, 1.165) is 35.7 Å². The molecule has 1 N–H and O–H groups in total. The number of methoxy groups -OCH3 is 1. The van der Waals surface area contributed by atoms with E-state index in [1.54, 1.807) is 23.1 Å². The Morgan fingerprint density at radius 1 is 1.18 bits per heavy atom. The van der Waals surface area contributed by atoms with E-state index < -0.39 is 0 Å². The van der Waals surface area contributed by atoms with Gasteiger partial charge in [0.15, 0.2) is 11.5 Å². The highest BCUT2D eigenvalue weighted by Crippen LogP contribution is 2.45. The Kier molecular flexibility index (Phi) is 6.35. The second kappa shape index (κ2) is 9.83. The Hall–Kier alpha value is -3.78. The molecule has 8 nitrogen and oxygen atoms in total. The summed E-state index contributed by atoms with van der Waals surface area (Å²) in [5, 5.41) is 12.3. The SMILES string of the molecule is COc1cc2c(cc1OCCC(=O)N1C[C@@H](CCl)c3c1cc(O)c1ccccc31)N=C[C@@H]1CCCN1C2=O. The highest BCUT2D eigenvalue weighted by molar-refractivity contribution is 6.19. The molecule has 0 unspecified atom stereocenters. The van der Waals surface area contributed by atoms with Crippen LogP contribution >= 0.6 is 11.6 Å². The number of alkyl halides is 1. The summed E-state index contributed by atoms with van der Waals surface area (Å²) in [6.07, 6.45) is 3.81. The molecule has 0 spiro atoms. The third kappa shape index (κ3) is 4.04. The zero-order valence-electron chi connectivity index (χ0n) is 21.0. The molecule has 3 aliphatic heterocycles. The fraction of sp³-hybridized carbons (Fsp3) is 0.345. The molecule has 0 radical (unpaired) electrons. The average Bonchev–Trinajstić information content (AvgIpc) is 3.53. The first-order valence-electron chi connectivity index (χ1n) is 12.8. The third-order valence-corrected chi connectivity index (χ3v) is 8.04. The maximum absolute atomic E-state index is 13.3. The zero-order chi connectivity index (χ0) is 26.4. The van der Waals surface area contributed by atoms with Crippen LogP contribution in [0.15, 0.2) is 47.5 Å². The molecule has 9 heteroatoms. The number of halogens is 1. The third-order valence-electron chi connectivity index (χ3n) is 7.66. The van der Waals surface area contributed by atoms with Crippen LogP contribution in [0.5, 0.6) is 17.2 Å². The van der Waals surface area contributed by atoms with Crippen LogP contribution in [0.2, 0.25) is 0 Å². The molecule has 1 fully saturated rings. The first kappa shape index (κ1) is 24.6. The van der Waals surface area contributed by atoms with Gasteiger partial charge in [0.2, 0.25) is 5.91 Å². The van der Waals surface area contributed by atoms with Crippen molar-refractivity contribution in [2.75, 3.05) is 37.6 Å². The van der Waals surface area contributed by atoms with Crippen molar-refractivity contribution in [1.82, 2.24) is 4.90 Å². The Morgan fingerprint density at radius 2 is 2.00 bits per heavy atom. The smallest absolute Gasteiger partial charge is 0.256 e.